The first-order chi connectivity index (χ1) is 14.3. The molecule has 29 heavy (non-hydrogen) atoms. The fourth-order valence-electron chi connectivity index (χ4n) is 3.68. The molecule has 0 radical (unpaired) electrons. The number of carbonyl (C=O) groups is 1. The molecule has 0 bridgehead atoms. The van der Waals surface area contributed by atoms with Gasteiger partial charge < -0.3 is 10.2 Å². The van der Waals surface area contributed by atoms with Crippen LogP contribution in [-0.4, -0.2) is 37.0 Å². The zero-order chi connectivity index (χ0) is 19.9. The van der Waals surface area contributed by atoms with Crippen molar-refractivity contribution in [2.45, 2.75) is 19.4 Å². The fraction of sp³-hybridized carbons (Fsp3) is 0.292. The average molecular weight is 406 g/mol. The van der Waals surface area contributed by atoms with E-state index >= 15 is 0 Å². The summed E-state index contributed by atoms with van der Waals surface area (Å²) in [6.07, 6.45) is 1.31. The third-order valence-corrected chi connectivity index (χ3v) is 6.09. The number of piperazine rings is 1. The van der Waals surface area contributed by atoms with Crippen LogP contribution in [0.4, 0.5) is 11.4 Å². The highest BCUT2D eigenvalue weighted by molar-refractivity contribution is 7.07. The molecule has 1 aliphatic rings. The van der Waals surface area contributed by atoms with E-state index in [0.29, 0.717) is 6.42 Å². The van der Waals surface area contributed by atoms with Crippen molar-refractivity contribution in [3.05, 3.63) is 82.6 Å². The smallest absolute Gasteiger partial charge is 0.224 e. The van der Waals surface area contributed by atoms with Crippen molar-refractivity contribution in [3.8, 4) is 0 Å². The topological polar surface area (TPSA) is 35.6 Å². The minimum absolute atomic E-state index is 0.0680. The van der Waals surface area contributed by atoms with Gasteiger partial charge in [-0.1, -0.05) is 30.3 Å². The van der Waals surface area contributed by atoms with Gasteiger partial charge in [-0.05, 0) is 58.6 Å². The lowest BCUT2D eigenvalue weighted by molar-refractivity contribution is -0.116. The number of benzene rings is 2. The van der Waals surface area contributed by atoms with Crippen molar-refractivity contribution >= 4 is 28.6 Å². The molecule has 150 valence electrons. The van der Waals surface area contributed by atoms with Crippen molar-refractivity contribution in [2.75, 3.05) is 36.4 Å². The maximum Gasteiger partial charge on any atom is 0.224 e. The van der Waals surface area contributed by atoms with E-state index in [1.165, 1.54) is 16.8 Å². The predicted molar refractivity (Wildman–Crippen MR) is 122 cm³/mol. The van der Waals surface area contributed by atoms with Gasteiger partial charge in [0.15, 0.2) is 0 Å². The number of aryl methyl sites for hydroxylation is 1. The zero-order valence-corrected chi connectivity index (χ0v) is 17.4. The third kappa shape index (κ3) is 5.68. The molecular formula is C24H27N3OS. The number of carbonyl (C=O) groups excluding carboxylic acids is 1. The Labute approximate surface area is 176 Å². The number of anilines is 2. The summed E-state index contributed by atoms with van der Waals surface area (Å²) in [4.78, 5) is 17.1. The Balaban J connectivity index is 1.23. The fourth-order valence-corrected chi connectivity index (χ4v) is 4.38. The SMILES string of the molecule is O=C(CCc1ccsc1)Nc1ccc(N2CCN(Cc3ccccc3)CC2)cc1. The molecule has 1 fully saturated rings. The summed E-state index contributed by atoms with van der Waals surface area (Å²) in [5.74, 6) is 0.0680. The molecule has 1 saturated heterocycles. The number of hydrogen-bond acceptors (Lipinski definition) is 4. The quantitative estimate of drug-likeness (QED) is 0.622. The Morgan fingerprint density at radius 3 is 2.34 bits per heavy atom. The van der Waals surface area contributed by atoms with Gasteiger partial charge in [0.25, 0.3) is 0 Å². The lowest BCUT2D eigenvalue weighted by Gasteiger charge is -2.36. The van der Waals surface area contributed by atoms with Crippen LogP contribution in [0, 0.1) is 0 Å². The van der Waals surface area contributed by atoms with E-state index in [2.05, 4.69) is 69.0 Å². The van der Waals surface area contributed by atoms with E-state index in [1.54, 1.807) is 11.3 Å². The summed E-state index contributed by atoms with van der Waals surface area (Å²) < 4.78 is 0. The van der Waals surface area contributed by atoms with Crippen LogP contribution < -0.4 is 10.2 Å². The maximum absolute atomic E-state index is 12.2. The lowest BCUT2D eigenvalue weighted by Crippen LogP contribution is -2.45. The molecule has 3 aromatic rings. The molecule has 1 N–H and O–H groups in total. The number of thiophene rings is 1. The van der Waals surface area contributed by atoms with Crippen LogP contribution in [0.5, 0.6) is 0 Å². The Morgan fingerprint density at radius 2 is 1.66 bits per heavy atom. The van der Waals surface area contributed by atoms with Gasteiger partial charge in [0.2, 0.25) is 5.91 Å². The van der Waals surface area contributed by atoms with E-state index in [0.717, 1.165) is 44.8 Å². The van der Waals surface area contributed by atoms with Crippen molar-refractivity contribution in [1.29, 1.82) is 0 Å². The molecule has 0 atom stereocenters. The molecule has 2 heterocycles. The minimum Gasteiger partial charge on any atom is -0.369 e. The molecule has 4 rings (SSSR count). The molecule has 1 amide bonds. The molecule has 5 heteroatoms. The van der Waals surface area contributed by atoms with E-state index in [-0.39, 0.29) is 5.91 Å². The summed E-state index contributed by atoms with van der Waals surface area (Å²) in [6.45, 7) is 5.20. The molecule has 2 aromatic carbocycles. The Bertz CT molecular complexity index is 886. The van der Waals surface area contributed by atoms with Crippen molar-refractivity contribution in [1.82, 2.24) is 4.90 Å². The zero-order valence-electron chi connectivity index (χ0n) is 16.6. The normalized spacial score (nSPS) is 14.7. The molecule has 0 aliphatic carbocycles. The number of amides is 1. The number of nitrogens with zero attached hydrogens (tertiary/aromatic N) is 2. The van der Waals surface area contributed by atoms with Crippen LogP contribution in [0.1, 0.15) is 17.5 Å². The first-order valence-corrected chi connectivity index (χ1v) is 11.1. The summed E-state index contributed by atoms with van der Waals surface area (Å²) in [5, 5.41) is 7.15. The summed E-state index contributed by atoms with van der Waals surface area (Å²) in [5.41, 5.74) is 4.69. The van der Waals surface area contributed by atoms with Gasteiger partial charge in [0.05, 0.1) is 0 Å². The highest BCUT2D eigenvalue weighted by atomic mass is 32.1. The molecule has 0 spiro atoms. The van der Waals surface area contributed by atoms with Gasteiger partial charge in [-0.2, -0.15) is 11.3 Å². The monoisotopic (exact) mass is 405 g/mol. The first-order valence-electron chi connectivity index (χ1n) is 10.2. The second-order valence-electron chi connectivity index (χ2n) is 7.48. The number of hydrogen-bond donors (Lipinski definition) is 1. The van der Waals surface area contributed by atoms with Gasteiger partial charge in [0.1, 0.15) is 0 Å². The molecule has 0 saturated carbocycles. The van der Waals surface area contributed by atoms with E-state index in [1.807, 2.05) is 17.5 Å². The number of rotatable bonds is 7. The van der Waals surface area contributed by atoms with Crippen LogP contribution in [0.2, 0.25) is 0 Å². The molecule has 1 aromatic heterocycles. The maximum atomic E-state index is 12.2. The van der Waals surface area contributed by atoms with Crippen LogP contribution >= 0.6 is 11.3 Å². The highest BCUT2D eigenvalue weighted by Gasteiger charge is 2.17. The summed E-state index contributed by atoms with van der Waals surface area (Å²) in [7, 11) is 0. The molecular weight excluding hydrogens is 378 g/mol. The van der Waals surface area contributed by atoms with E-state index in [9.17, 15) is 4.79 Å². The predicted octanol–water partition coefficient (Wildman–Crippen LogP) is 4.64. The first kappa shape index (κ1) is 19.7. The lowest BCUT2D eigenvalue weighted by atomic mass is 10.1. The van der Waals surface area contributed by atoms with Gasteiger partial charge in [0, 0.05) is 50.5 Å². The van der Waals surface area contributed by atoms with Crippen LogP contribution in [0.25, 0.3) is 0 Å². The summed E-state index contributed by atoms with van der Waals surface area (Å²) in [6, 6.07) is 21.0. The van der Waals surface area contributed by atoms with Gasteiger partial charge in [-0.3, -0.25) is 9.69 Å². The average Bonchev–Trinajstić information content (AvgIpc) is 3.28. The van der Waals surface area contributed by atoms with Crippen LogP contribution in [0.3, 0.4) is 0 Å². The standard InChI is InChI=1S/C24H27N3OS/c28-24(11-6-21-12-17-29-19-21)25-22-7-9-23(10-8-22)27-15-13-26(14-16-27)18-20-4-2-1-3-5-20/h1-5,7-10,12,17,19H,6,11,13-16,18H2,(H,25,28). The second kappa shape index (κ2) is 9.72. The van der Waals surface area contributed by atoms with Gasteiger partial charge >= 0.3 is 0 Å². The Kier molecular flexibility index (Phi) is 6.60. The largest absolute Gasteiger partial charge is 0.369 e. The van der Waals surface area contributed by atoms with Crippen LogP contribution in [0.15, 0.2) is 71.4 Å². The second-order valence-corrected chi connectivity index (χ2v) is 8.26. The number of nitrogens with one attached hydrogen (secondary N) is 1. The Morgan fingerprint density at radius 1 is 0.897 bits per heavy atom. The van der Waals surface area contributed by atoms with Gasteiger partial charge in [-0.15, -0.1) is 0 Å². The summed E-state index contributed by atoms with van der Waals surface area (Å²) >= 11 is 1.67. The van der Waals surface area contributed by atoms with E-state index in [4.69, 9.17) is 0 Å². The molecule has 0 unspecified atom stereocenters. The minimum atomic E-state index is 0.0680. The van der Waals surface area contributed by atoms with E-state index < -0.39 is 0 Å². The van der Waals surface area contributed by atoms with Gasteiger partial charge in [-0.25, -0.2) is 0 Å². The molecule has 1 aliphatic heterocycles. The van der Waals surface area contributed by atoms with Crippen molar-refractivity contribution in [3.63, 3.8) is 0 Å². The Hall–Kier alpha value is -2.63. The van der Waals surface area contributed by atoms with Crippen molar-refractivity contribution in [2.24, 2.45) is 0 Å². The van der Waals surface area contributed by atoms with Crippen LogP contribution in [-0.2, 0) is 17.8 Å². The van der Waals surface area contributed by atoms with Crippen molar-refractivity contribution < 1.29 is 4.79 Å². The highest BCUT2D eigenvalue weighted by Crippen LogP contribution is 2.20. The molecule has 4 nitrogen and oxygen atoms in total. The third-order valence-electron chi connectivity index (χ3n) is 5.36.